The molecule has 0 spiro atoms. The molecule has 4 heterocycles. The first-order valence-corrected chi connectivity index (χ1v) is 11.7. The van der Waals surface area contributed by atoms with Gasteiger partial charge in [0.25, 0.3) is 5.56 Å². The van der Waals surface area contributed by atoms with Crippen LogP contribution in [-0.4, -0.2) is 24.5 Å². The number of nitrogens with zero attached hydrogens (tertiary/aromatic N) is 5. The quantitative estimate of drug-likeness (QED) is 0.366. The molecule has 0 atom stereocenters. The molecule has 0 bridgehead atoms. The number of ether oxygens (including phenoxy) is 1. The highest BCUT2D eigenvalue weighted by atomic mass is 35.5. The van der Waals surface area contributed by atoms with Gasteiger partial charge in [-0.2, -0.15) is 0 Å². The number of halogens is 1. The van der Waals surface area contributed by atoms with Gasteiger partial charge in [0.1, 0.15) is 23.2 Å². The third-order valence-corrected chi connectivity index (χ3v) is 5.87. The van der Waals surface area contributed by atoms with Gasteiger partial charge >= 0.3 is 0 Å². The molecule has 4 rings (SSSR count). The Morgan fingerprint density at radius 1 is 1.00 bits per heavy atom. The second-order valence-electron chi connectivity index (χ2n) is 9.54. The highest BCUT2D eigenvalue weighted by molar-refractivity contribution is 6.31. The summed E-state index contributed by atoms with van der Waals surface area (Å²) in [6.07, 6.45) is 3.46. The van der Waals surface area contributed by atoms with Crippen molar-refractivity contribution in [2.75, 3.05) is 0 Å². The molecule has 0 radical (unpaired) electrons. The molecule has 0 unspecified atom stereocenters. The second-order valence-corrected chi connectivity index (χ2v) is 9.91. The van der Waals surface area contributed by atoms with Gasteiger partial charge in [0, 0.05) is 35.3 Å². The maximum absolute atomic E-state index is 13.4. The fourth-order valence-electron chi connectivity index (χ4n) is 3.67. The van der Waals surface area contributed by atoms with E-state index in [-0.39, 0.29) is 22.6 Å². The first-order chi connectivity index (χ1) is 16.5. The lowest BCUT2D eigenvalue weighted by atomic mass is 9.95. The lowest BCUT2D eigenvalue weighted by Gasteiger charge is -2.18. The Labute approximate surface area is 209 Å². The molecule has 0 saturated carbocycles. The number of rotatable bonds is 5. The Kier molecular flexibility index (Phi) is 6.72. The molecule has 7 nitrogen and oxygen atoms in total. The Hall–Kier alpha value is -3.58. The van der Waals surface area contributed by atoms with Crippen molar-refractivity contribution in [2.24, 2.45) is 0 Å². The van der Waals surface area contributed by atoms with Crippen molar-refractivity contribution < 1.29 is 4.74 Å². The zero-order valence-electron chi connectivity index (χ0n) is 20.8. The number of aromatic nitrogens is 5. The Bertz CT molecular complexity index is 1460. The van der Waals surface area contributed by atoms with E-state index in [0.29, 0.717) is 28.5 Å². The molecule has 0 aromatic carbocycles. The van der Waals surface area contributed by atoms with Gasteiger partial charge in [0.15, 0.2) is 0 Å². The first-order valence-electron chi connectivity index (χ1n) is 11.3. The minimum Gasteiger partial charge on any atom is -0.485 e. The van der Waals surface area contributed by atoms with Crippen molar-refractivity contribution in [3.8, 4) is 22.8 Å². The zero-order valence-corrected chi connectivity index (χ0v) is 21.5. The van der Waals surface area contributed by atoms with E-state index in [2.05, 4.69) is 35.7 Å². The van der Waals surface area contributed by atoms with Crippen molar-refractivity contribution in [3.05, 3.63) is 92.6 Å². The van der Waals surface area contributed by atoms with Crippen molar-refractivity contribution in [1.82, 2.24) is 24.5 Å². The fourth-order valence-corrected chi connectivity index (χ4v) is 3.87. The molecule has 4 aromatic rings. The summed E-state index contributed by atoms with van der Waals surface area (Å²) in [7, 11) is 0. The summed E-state index contributed by atoms with van der Waals surface area (Å²) in [4.78, 5) is 31.4. The average Bonchev–Trinajstić information content (AvgIpc) is 2.81. The number of hydrogen-bond donors (Lipinski definition) is 0. The monoisotopic (exact) mass is 489 g/mol. The van der Waals surface area contributed by atoms with E-state index < -0.39 is 0 Å². The molecular formula is C27H28ClN5O2. The molecule has 0 N–H and O–H groups in total. The average molecular weight is 490 g/mol. The molecule has 0 fully saturated rings. The molecular weight excluding hydrogens is 462 g/mol. The predicted octanol–water partition coefficient (Wildman–Crippen LogP) is 5.54. The summed E-state index contributed by atoms with van der Waals surface area (Å²) >= 11 is 6.48. The van der Waals surface area contributed by atoms with Crippen molar-refractivity contribution in [2.45, 2.75) is 53.6 Å². The van der Waals surface area contributed by atoms with Crippen molar-refractivity contribution in [3.63, 3.8) is 0 Å². The minimum atomic E-state index is -0.364. The summed E-state index contributed by atoms with van der Waals surface area (Å²) in [6, 6.07) is 11.1. The standard InChI is InChI=1S/C27H28ClN5O2/c1-16-14-30-21(20-10-11-29-26(32-20)27(4,5)6)13-22(16)33-18(3)12-23(24(28)25(33)34)35-15-19-9-7-8-17(2)31-19/h7-14H,15H2,1-6H3. The predicted molar refractivity (Wildman–Crippen MR) is 137 cm³/mol. The van der Waals surface area contributed by atoms with Gasteiger partial charge in [0.2, 0.25) is 0 Å². The molecule has 180 valence electrons. The summed E-state index contributed by atoms with van der Waals surface area (Å²) in [5.41, 5.74) is 4.62. The van der Waals surface area contributed by atoms with Crippen LogP contribution in [0.1, 0.15) is 49.2 Å². The summed E-state index contributed by atoms with van der Waals surface area (Å²) < 4.78 is 7.44. The van der Waals surface area contributed by atoms with Crippen LogP contribution in [0.5, 0.6) is 5.75 Å². The van der Waals surface area contributed by atoms with Gasteiger partial charge in [-0.1, -0.05) is 38.4 Å². The highest BCUT2D eigenvalue weighted by Gasteiger charge is 2.20. The summed E-state index contributed by atoms with van der Waals surface area (Å²) in [5, 5.41) is 0.0121. The SMILES string of the molecule is Cc1cccc(COc2cc(C)n(-c3cc(-c4ccnc(C(C)(C)C)n4)ncc3C)c(=O)c2Cl)n1. The molecule has 0 aliphatic rings. The normalized spacial score (nSPS) is 11.5. The van der Waals surface area contributed by atoms with Gasteiger partial charge in [0.05, 0.1) is 22.8 Å². The molecule has 4 aromatic heterocycles. The number of aryl methyl sites for hydroxylation is 3. The van der Waals surface area contributed by atoms with Crippen LogP contribution in [0.25, 0.3) is 17.1 Å². The largest absolute Gasteiger partial charge is 0.485 e. The van der Waals surface area contributed by atoms with Crippen LogP contribution in [0.15, 0.2) is 53.6 Å². The van der Waals surface area contributed by atoms with Gasteiger partial charge in [-0.05, 0) is 50.6 Å². The summed E-state index contributed by atoms with van der Waals surface area (Å²) in [5.74, 6) is 1.05. The zero-order chi connectivity index (χ0) is 25.3. The Balaban J connectivity index is 1.72. The van der Waals surface area contributed by atoms with Gasteiger partial charge in [-0.3, -0.25) is 19.3 Å². The third kappa shape index (κ3) is 5.25. The minimum absolute atomic E-state index is 0.0121. The van der Waals surface area contributed by atoms with E-state index in [0.717, 1.165) is 22.8 Å². The van der Waals surface area contributed by atoms with E-state index in [1.807, 2.05) is 51.1 Å². The van der Waals surface area contributed by atoms with Crippen LogP contribution >= 0.6 is 11.6 Å². The van der Waals surface area contributed by atoms with Crippen LogP contribution in [0.4, 0.5) is 0 Å². The topological polar surface area (TPSA) is 82.8 Å². The van der Waals surface area contributed by atoms with Crippen LogP contribution in [0, 0.1) is 20.8 Å². The highest BCUT2D eigenvalue weighted by Crippen LogP contribution is 2.27. The summed E-state index contributed by atoms with van der Waals surface area (Å²) in [6.45, 7) is 12.1. The lowest BCUT2D eigenvalue weighted by molar-refractivity contribution is 0.300. The lowest BCUT2D eigenvalue weighted by Crippen LogP contribution is -2.23. The van der Waals surface area contributed by atoms with E-state index in [9.17, 15) is 4.79 Å². The molecule has 8 heteroatoms. The van der Waals surface area contributed by atoms with Gasteiger partial charge in [-0.15, -0.1) is 0 Å². The third-order valence-electron chi connectivity index (χ3n) is 5.53. The first kappa shape index (κ1) is 24.5. The van der Waals surface area contributed by atoms with E-state index >= 15 is 0 Å². The molecule has 35 heavy (non-hydrogen) atoms. The van der Waals surface area contributed by atoms with E-state index in [4.69, 9.17) is 21.3 Å². The Morgan fingerprint density at radius 3 is 2.49 bits per heavy atom. The smallest absolute Gasteiger partial charge is 0.277 e. The number of hydrogen-bond acceptors (Lipinski definition) is 6. The van der Waals surface area contributed by atoms with Crippen molar-refractivity contribution >= 4 is 11.6 Å². The van der Waals surface area contributed by atoms with Crippen LogP contribution in [0.2, 0.25) is 5.02 Å². The van der Waals surface area contributed by atoms with Gasteiger partial charge in [-0.25, -0.2) is 9.97 Å². The van der Waals surface area contributed by atoms with Crippen LogP contribution in [-0.2, 0) is 12.0 Å². The molecule has 0 aliphatic carbocycles. The van der Waals surface area contributed by atoms with E-state index in [1.165, 1.54) is 0 Å². The van der Waals surface area contributed by atoms with E-state index in [1.54, 1.807) is 23.0 Å². The van der Waals surface area contributed by atoms with Gasteiger partial charge < -0.3 is 4.74 Å². The fraction of sp³-hybridized carbons (Fsp3) is 0.296. The van der Waals surface area contributed by atoms with Crippen LogP contribution < -0.4 is 10.3 Å². The molecule has 0 amide bonds. The Morgan fingerprint density at radius 2 is 1.77 bits per heavy atom. The maximum Gasteiger partial charge on any atom is 0.277 e. The second kappa shape index (κ2) is 9.58. The van der Waals surface area contributed by atoms with Crippen molar-refractivity contribution in [1.29, 1.82) is 0 Å². The maximum atomic E-state index is 13.4. The molecule has 0 saturated heterocycles. The molecule has 0 aliphatic heterocycles. The number of pyridine rings is 3. The van der Waals surface area contributed by atoms with Crippen LogP contribution in [0.3, 0.4) is 0 Å².